The minimum atomic E-state index is 0. The number of hydrogen-bond acceptors (Lipinski definition) is 3. The highest BCUT2D eigenvalue weighted by Gasteiger charge is 2.23. The third kappa shape index (κ3) is 8.25. The number of guanidine groups is 1. The van der Waals surface area contributed by atoms with Gasteiger partial charge < -0.3 is 20.4 Å². The lowest BCUT2D eigenvalue weighted by Gasteiger charge is -2.21. The summed E-state index contributed by atoms with van der Waals surface area (Å²) in [5.74, 6) is 0.737. The smallest absolute Gasteiger partial charge is 0.243 e. The lowest BCUT2D eigenvalue weighted by Crippen LogP contribution is -2.45. The van der Waals surface area contributed by atoms with Crippen LogP contribution >= 0.6 is 39.9 Å². The van der Waals surface area contributed by atoms with Crippen LogP contribution in [0, 0.1) is 0 Å². The molecule has 152 valence electrons. The zero-order valence-electron chi connectivity index (χ0n) is 16.4. The Bertz CT molecular complexity index is 609. The van der Waals surface area contributed by atoms with E-state index in [4.69, 9.17) is 0 Å². The van der Waals surface area contributed by atoms with Gasteiger partial charge >= 0.3 is 0 Å². The Balaban J connectivity index is 0.00000364. The van der Waals surface area contributed by atoms with Gasteiger partial charge in [0, 0.05) is 49.9 Å². The van der Waals surface area contributed by atoms with Gasteiger partial charge in [-0.15, -0.1) is 24.0 Å². The number of amides is 1. The molecule has 1 unspecified atom stereocenters. The van der Waals surface area contributed by atoms with E-state index in [0.29, 0.717) is 6.04 Å². The van der Waals surface area contributed by atoms with Gasteiger partial charge in [-0.3, -0.25) is 4.79 Å². The van der Waals surface area contributed by atoms with E-state index in [9.17, 15) is 4.79 Å². The number of aliphatic imine (C=N–C) groups is 1. The van der Waals surface area contributed by atoms with Gasteiger partial charge in [0.2, 0.25) is 5.91 Å². The van der Waals surface area contributed by atoms with Crippen molar-refractivity contribution in [3.63, 3.8) is 0 Å². The summed E-state index contributed by atoms with van der Waals surface area (Å²) in [6, 6.07) is 8.73. The number of halogens is 2. The molecule has 8 heteroatoms. The number of rotatable bonds is 7. The Labute approximate surface area is 188 Å². The number of hydrogen-bond donors (Lipinski definition) is 2. The number of anilines is 1. The Hall–Kier alpha value is -1.03. The first-order valence-electron chi connectivity index (χ1n) is 9.25. The third-order valence-corrected chi connectivity index (χ3v) is 4.94. The van der Waals surface area contributed by atoms with Crippen LogP contribution in [-0.2, 0) is 4.79 Å². The molecule has 0 bridgehead atoms. The normalized spacial score (nSPS) is 16.7. The third-order valence-electron chi connectivity index (χ3n) is 4.41. The van der Waals surface area contributed by atoms with Crippen molar-refractivity contribution in [1.82, 2.24) is 15.5 Å². The molecule has 1 aliphatic heterocycles. The lowest BCUT2D eigenvalue weighted by molar-refractivity contribution is -0.127. The van der Waals surface area contributed by atoms with Crippen LogP contribution in [0.15, 0.2) is 33.7 Å². The molecule has 1 atom stereocenters. The molecule has 0 radical (unpaired) electrons. The minimum Gasteiger partial charge on any atom is -0.369 e. The molecule has 27 heavy (non-hydrogen) atoms. The van der Waals surface area contributed by atoms with Crippen LogP contribution in [0.4, 0.5) is 5.69 Å². The van der Waals surface area contributed by atoms with E-state index >= 15 is 0 Å². The largest absolute Gasteiger partial charge is 0.369 e. The monoisotopic (exact) mass is 551 g/mol. The molecule has 1 aliphatic rings. The summed E-state index contributed by atoms with van der Waals surface area (Å²) in [5.41, 5.74) is 1.23. The van der Waals surface area contributed by atoms with Gasteiger partial charge in [0.15, 0.2) is 5.96 Å². The number of nitrogens with one attached hydrogen (secondary N) is 2. The second kappa shape index (κ2) is 12.4. The fourth-order valence-electron chi connectivity index (χ4n) is 2.78. The zero-order chi connectivity index (χ0) is 18.9. The van der Waals surface area contributed by atoms with Crippen molar-refractivity contribution in [2.45, 2.75) is 32.2 Å². The molecule has 0 aromatic heterocycles. The zero-order valence-corrected chi connectivity index (χ0v) is 20.3. The second-order valence-corrected chi connectivity index (χ2v) is 7.70. The number of unbranched alkanes of at least 4 members (excludes halogenated alkanes) is 1. The van der Waals surface area contributed by atoms with Crippen LogP contribution in [-0.4, -0.2) is 63.1 Å². The number of likely N-dealkylation sites (N-methyl/N-ethyl adjacent to an activating group) is 1. The molecule has 0 aliphatic carbocycles. The van der Waals surface area contributed by atoms with E-state index in [1.807, 2.05) is 0 Å². The molecule has 6 nitrogen and oxygen atoms in total. The second-order valence-electron chi connectivity index (χ2n) is 6.79. The average molecular weight is 552 g/mol. The van der Waals surface area contributed by atoms with Crippen molar-refractivity contribution < 1.29 is 4.79 Å². The lowest BCUT2D eigenvalue weighted by atomic mass is 10.2. The number of nitrogens with zero attached hydrogens (tertiary/aromatic N) is 3. The molecular formula is C19H31BrIN5O. The van der Waals surface area contributed by atoms with Gasteiger partial charge in [0.25, 0.3) is 0 Å². The molecule has 1 amide bonds. The summed E-state index contributed by atoms with van der Waals surface area (Å²) in [6.07, 6.45) is 3.25. The predicted molar refractivity (Wildman–Crippen MR) is 127 cm³/mol. The van der Waals surface area contributed by atoms with Gasteiger partial charge in [-0.1, -0.05) is 29.3 Å². The standard InChI is InChI=1S/C19H30BrN5O.HI/c1-4-5-11-21-19(22-13-18(26)24(2)3)23-16-10-12-25(14-16)17-8-6-15(20)7-9-17;/h6-9,16H,4-5,10-14H2,1-3H3,(H2,21,22,23);1H. The van der Waals surface area contributed by atoms with E-state index < -0.39 is 0 Å². The van der Waals surface area contributed by atoms with Crippen LogP contribution in [0.25, 0.3) is 0 Å². The molecule has 2 N–H and O–H groups in total. The fourth-order valence-corrected chi connectivity index (χ4v) is 3.05. The van der Waals surface area contributed by atoms with E-state index in [0.717, 1.165) is 49.3 Å². The Kier molecular flexibility index (Phi) is 11.1. The first-order chi connectivity index (χ1) is 12.5. The summed E-state index contributed by atoms with van der Waals surface area (Å²) < 4.78 is 1.09. The van der Waals surface area contributed by atoms with Crippen LogP contribution in [0.2, 0.25) is 0 Å². The van der Waals surface area contributed by atoms with Crippen LogP contribution in [0.5, 0.6) is 0 Å². The van der Waals surface area contributed by atoms with Crippen LogP contribution < -0.4 is 15.5 Å². The summed E-state index contributed by atoms with van der Waals surface area (Å²) in [6.45, 7) is 5.13. The van der Waals surface area contributed by atoms with Crippen molar-refractivity contribution >= 4 is 57.5 Å². The summed E-state index contributed by atoms with van der Waals surface area (Å²) in [5, 5.41) is 6.84. The van der Waals surface area contributed by atoms with Gasteiger partial charge in [0.1, 0.15) is 6.54 Å². The van der Waals surface area contributed by atoms with Gasteiger partial charge in [0.05, 0.1) is 0 Å². The van der Waals surface area contributed by atoms with Crippen LogP contribution in [0.3, 0.4) is 0 Å². The molecular weight excluding hydrogens is 521 g/mol. The topological polar surface area (TPSA) is 60.0 Å². The highest BCUT2D eigenvalue weighted by Crippen LogP contribution is 2.22. The predicted octanol–water partition coefficient (Wildman–Crippen LogP) is 3.07. The molecule has 1 heterocycles. The first-order valence-corrected chi connectivity index (χ1v) is 10.0. The summed E-state index contributed by atoms with van der Waals surface area (Å²) >= 11 is 3.48. The number of benzene rings is 1. The molecule has 0 saturated carbocycles. The van der Waals surface area contributed by atoms with E-state index in [1.165, 1.54) is 5.69 Å². The SMILES string of the molecule is CCCCNC(=NCC(=O)N(C)C)NC1CCN(c2ccc(Br)cc2)C1.I. The van der Waals surface area contributed by atoms with E-state index in [1.54, 1.807) is 19.0 Å². The fraction of sp³-hybridized carbons (Fsp3) is 0.579. The number of carbonyl (C=O) groups excluding carboxylic acids is 1. The Morgan fingerprint density at radius 3 is 2.67 bits per heavy atom. The highest BCUT2D eigenvalue weighted by atomic mass is 127. The molecule has 1 fully saturated rings. The maximum Gasteiger partial charge on any atom is 0.243 e. The van der Waals surface area contributed by atoms with E-state index in [-0.39, 0.29) is 36.4 Å². The molecule has 0 spiro atoms. The molecule has 1 saturated heterocycles. The van der Waals surface area contributed by atoms with Gasteiger partial charge in [-0.25, -0.2) is 4.99 Å². The van der Waals surface area contributed by atoms with E-state index in [2.05, 4.69) is 67.6 Å². The maximum absolute atomic E-state index is 11.8. The van der Waals surface area contributed by atoms with Crippen molar-refractivity contribution in [1.29, 1.82) is 0 Å². The molecule has 2 rings (SSSR count). The maximum atomic E-state index is 11.8. The minimum absolute atomic E-state index is 0. The van der Waals surface area contributed by atoms with Crippen molar-refractivity contribution in [3.05, 3.63) is 28.7 Å². The van der Waals surface area contributed by atoms with Crippen molar-refractivity contribution in [2.24, 2.45) is 4.99 Å². The highest BCUT2D eigenvalue weighted by molar-refractivity contribution is 14.0. The summed E-state index contributed by atoms with van der Waals surface area (Å²) in [4.78, 5) is 20.2. The van der Waals surface area contributed by atoms with Gasteiger partial charge in [-0.05, 0) is 37.1 Å². The summed E-state index contributed by atoms with van der Waals surface area (Å²) in [7, 11) is 3.51. The molecule has 1 aromatic rings. The van der Waals surface area contributed by atoms with Crippen molar-refractivity contribution in [3.8, 4) is 0 Å². The first kappa shape index (κ1) is 24.0. The average Bonchev–Trinajstić information content (AvgIpc) is 3.08. The Morgan fingerprint density at radius 1 is 1.33 bits per heavy atom. The Morgan fingerprint density at radius 2 is 2.04 bits per heavy atom. The molecule has 1 aromatic carbocycles. The quantitative estimate of drug-likeness (QED) is 0.237. The van der Waals surface area contributed by atoms with Gasteiger partial charge in [-0.2, -0.15) is 0 Å². The van der Waals surface area contributed by atoms with Crippen LogP contribution in [0.1, 0.15) is 26.2 Å². The number of carbonyl (C=O) groups is 1. The van der Waals surface area contributed by atoms with Crippen molar-refractivity contribution in [2.75, 3.05) is 45.2 Å².